The maximum Gasteiger partial charge on any atom is 0.108 e. The van der Waals surface area contributed by atoms with Crippen LogP contribution >= 0.6 is 0 Å². The molecule has 0 radical (unpaired) electrons. The zero-order chi connectivity index (χ0) is 10.1. The van der Waals surface area contributed by atoms with Crippen LogP contribution in [0.25, 0.3) is 0 Å². The van der Waals surface area contributed by atoms with Crippen LogP contribution in [-0.2, 0) is 0 Å². The van der Waals surface area contributed by atoms with Gasteiger partial charge in [0.05, 0.1) is 6.26 Å². The van der Waals surface area contributed by atoms with Crippen molar-refractivity contribution in [1.29, 1.82) is 0 Å². The lowest BCUT2D eigenvalue weighted by molar-refractivity contribution is -0.0433. The molecule has 14 heavy (non-hydrogen) atoms. The molecule has 0 aromatic carbocycles. The summed E-state index contributed by atoms with van der Waals surface area (Å²) in [4.78, 5) is 2.01. The molecule has 1 aromatic heterocycles. The summed E-state index contributed by atoms with van der Waals surface area (Å²) in [5.74, 6) is 1.37. The lowest BCUT2D eigenvalue weighted by Crippen LogP contribution is -2.44. The first kappa shape index (κ1) is 9.74. The van der Waals surface area contributed by atoms with E-state index in [1.807, 2.05) is 24.1 Å². The van der Waals surface area contributed by atoms with Crippen molar-refractivity contribution in [3.05, 3.63) is 24.2 Å². The molecular weight excluding hydrogens is 178 g/mol. The van der Waals surface area contributed by atoms with Gasteiger partial charge in [-0.1, -0.05) is 0 Å². The summed E-state index contributed by atoms with van der Waals surface area (Å²) in [5, 5.41) is 9.80. The van der Waals surface area contributed by atoms with Crippen molar-refractivity contribution < 1.29 is 9.52 Å². The molecular formula is C11H17NO2. The van der Waals surface area contributed by atoms with E-state index in [2.05, 4.69) is 6.92 Å². The van der Waals surface area contributed by atoms with Crippen molar-refractivity contribution in [1.82, 2.24) is 4.90 Å². The second-order valence-electron chi connectivity index (χ2n) is 4.18. The van der Waals surface area contributed by atoms with Crippen LogP contribution in [0.4, 0.5) is 0 Å². The molecule has 1 aliphatic rings. The molecule has 1 N–H and O–H groups in total. The summed E-state index contributed by atoms with van der Waals surface area (Å²) < 4.78 is 5.38. The minimum absolute atomic E-state index is 0.339. The van der Waals surface area contributed by atoms with E-state index in [1.54, 1.807) is 6.26 Å². The minimum atomic E-state index is -0.339. The molecule has 1 aromatic rings. The zero-order valence-electron chi connectivity index (χ0n) is 8.68. The maximum atomic E-state index is 9.80. The number of hydrogen-bond donors (Lipinski definition) is 1. The third-order valence-electron chi connectivity index (χ3n) is 3.23. The average Bonchev–Trinajstić information content (AvgIpc) is 2.66. The monoisotopic (exact) mass is 195 g/mol. The number of aliphatic hydroxyl groups is 1. The Balaban J connectivity index is 2.10. The van der Waals surface area contributed by atoms with Gasteiger partial charge < -0.3 is 9.52 Å². The van der Waals surface area contributed by atoms with Gasteiger partial charge in [-0.15, -0.1) is 0 Å². The van der Waals surface area contributed by atoms with Gasteiger partial charge in [-0.05, 0) is 38.9 Å². The molecule has 0 aliphatic carbocycles. The molecule has 2 heterocycles. The molecule has 1 saturated heterocycles. The van der Waals surface area contributed by atoms with Crippen molar-refractivity contribution in [2.75, 3.05) is 7.05 Å². The molecule has 1 fully saturated rings. The fourth-order valence-corrected chi connectivity index (χ4v) is 2.14. The Labute approximate surface area is 84.3 Å². The van der Waals surface area contributed by atoms with Gasteiger partial charge in [0.25, 0.3) is 0 Å². The molecule has 3 heteroatoms. The summed E-state index contributed by atoms with van der Waals surface area (Å²) in [7, 11) is 1.97. The average molecular weight is 195 g/mol. The highest BCUT2D eigenvalue weighted by Crippen LogP contribution is 2.33. The zero-order valence-corrected chi connectivity index (χ0v) is 8.68. The minimum Gasteiger partial charge on any atom is -0.469 e. The number of hydrogen-bond acceptors (Lipinski definition) is 3. The van der Waals surface area contributed by atoms with E-state index in [4.69, 9.17) is 4.42 Å². The highest BCUT2D eigenvalue weighted by Gasteiger charge is 2.31. The first-order valence-corrected chi connectivity index (χ1v) is 5.12. The topological polar surface area (TPSA) is 36.6 Å². The van der Waals surface area contributed by atoms with Crippen LogP contribution in [0.5, 0.6) is 0 Å². The summed E-state index contributed by atoms with van der Waals surface area (Å²) >= 11 is 0. The summed E-state index contributed by atoms with van der Waals surface area (Å²) in [6.45, 7) is 2.14. The van der Waals surface area contributed by atoms with E-state index in [1.165, 1.54) is 0 Å². The van der Waals surface area contributed by atoms with Gasteiger partial charge >= 0.3 is 0 Å². The van der Waals surface area contributed by atoms with E-state index >= 15 is 0 Å². The molecule has 0 saturated carbocycles. The third-order valence-corrected chi connectivity index (χ3v) is 3.23. The Kier molecular flexibility index (Phi) is 2.61. The highest BCUT2D eigenvalue weighted by atomic mass is 16.3. The molecule has 3 atom stereocenters. The molecule has 78 valence electrons. The number of aliphatic hydroxyl groups excluding tert-OH is 1. The first-order valence-electron chi connectivity index (χ1n) is 5.12. The molecule has 2 rings (SSSR count). The number of furan rings is 1. The SMILES string of the molecule is C[C@@H]1C[C@H](c2ccco2)C[C@H](O)N1C. The van der Waals surface area contributed by atoms with Crippen LogP contribution < -0.4 is 0 Å². The predicted octanol–water partition coefficient (Wildman–Crippen LogP) is 1.80. The lowest BCUT2D eigenvalue weighted by Gasteiger charge is -2.38. The third kappa shape index (κ3) is 1.70. The van der Waals surface area contributed by atoms with Crippen molar-refractivity contribution in [2.24, 2.45) is 0 Å². The molecule has 3 nitrogen and oxygen atoms in total. The summed E-state index contributed by atoms with van der Waals surface area (Å²) in [6, 6.07) is 4.31. The van der Waals surface area contributed by atoms with Gasteiger partial charge in [0, 0.05) is 12.0 Å². The molecule has 0 spiro atoms. The second kappa shape index (κ2) is 3.75. The quantitative estimate of drug-likeness (QED) is 0.742. The second-order valence-corrected chi connectivity index (χ2v) is 4.18. The first-order chi connectivity index (χ1) is 6.68. The largest absolute Gasteiger partial charge is 0.469 e. The van der Waals surface area contributed by atoms with Crippen molar-refractivity contribution in [2.45, 2.75) is 38.0 Å². The van der Waals surface area contributed by atoms with Crippen LogP contribution in [0.15, 0.2) is 22.8 Å². The number of piperidine rings is 1. The maximum absolute atomic E-state index is 9.80. The van der Waals surface area contributed by atoms with Crippen molar-refractivity contribution >= 4 is 0 Å². The van der Waals surface area contributed by atoms with E-state index in [-0.39, 0.29) is 6.23 Å². The van der Waals surface area contributed by atoms with Gasteiger partial charge in [-0.25, -0.2) is 0 Å². The van der Waals surface area contributed by atoms with Gasteiger partial charge in [0.15, 0.2) is 0 Å². The van der Waals surface area contributed by atoms with Gasteiger partial charge in [0.2, 0.25) is 0 Å². The number of likely N-dealkylation sites (tertiary alicyclic amines) is 1. The van der Waals surface area contributed by atoms with Crippen molar-refractivity contribution in [3.8, 4) is 0 Å². The summed E-state index contributed by atoms with van der Waals surface area (Å²) in [5.41, 5.74) is 0. The predicted molar refractivity (Wildman–Crippen MR) is 53.9 cm³/mol. The number of rotatable bonds is 1. The van der Waals surface area contributed by atoms with Gasteiger partial charge in [0.1, 0.15) is 12.0 Å². The Bertz CT molecular complexity index is 271. The Morgan fingerprint density at radius 1 is 1.50 bits per heavy atom. The molecule has 1 aliphatic heterocycles. The van der Waals surface area contributed by atoms with Gasteiger partial charge in [-0.3, -0.25) is 4.90 Å². The lowest BCUT2D eigenvalue weighted by atomic mass is 9.89. The molecule has 0 amide bonds. The van der Waals surface area contributed by atoms with Crippen molar-refractivity contribution in [3.63, 3.8) is 0 Å². The van der Waals surface area contributed by atoms with Crippen LogP contribution in [0.2, 0.25) is 0 Å². The van der Waals surface area contributed by atoms with Crippen LogP contribution in [0, 0.1) is 0 Å². The van der Waals surface area contributed by atoms with E-state index in [0.29, 0.717) is 12.0 Å². The number of nitrogens with zero attached hydrogens (tertiary/aromatic N) is 1. The fraction of sp³-hybridized carbons (Fsp3) is 0.636. The fourth-order valence-electron chi connectivity index (χ4n) is 2.14. The van der Waals surface area contributed by atoms with E-state index < -0.39 is 0 Å². The van der Waals surface area contributed by atoms with E-state index in [9.17, 15) is 5.11 Å². The molecule has 0 bridgehead atoms. The Morgan fingerprint density at radius 3 is 2.86 bits per heavy atom. The summed E-state index contributed by atoms with van der Waals surface area (Å²) in [6.07, 6.45) is 3.19. The molecule has 0 unspecified atom stereocenters. The van der Waals surface area contributed by atoms with E-state index in [0.717, 1.165) is 18.6 Å². The van der Waals surface area contributed by atoms with Gasteiger partial charge in [-0.2, -0.15) is 0 Å². The van der Waals surface area contributed by atoms with Crippen LogP contribution in [0.1, 0.15) is 31.4 Å². The van der Waals surface area contributed by atoms with Crippen LogP contribution in [0.3, 0.4) is 0 Å². The Hall–Kier alpha value is -0.800. The highest BCUT2D eigenvalue weighted by molar-refractivity contribution is 5.07. The smallest absolute Gasteiger partial charge is 0.108 e. The Morgan fingerprint density at radius 2 is 2.29 bits per heavy atom. The standard InChI is InChI=1S/C11H17NO2/c1-8-6-9(7-11(13)12(8)2)10-4-3-5-14-10/h3-5,8-9,11,13H,6-7H2,1-2H3/t8-,9+,11+/m1/s1. The van der Waals surface area contributed by atoms with Crippen LogP contribution in [-0.4, -0.2) is 29.3 Å². The normalized spacial score (nSPS) is 34.6.